The molecule has 2 nitrogen and oxygen atoms in total. The third kappa shape index (κ3) is 4.12. The molecule has 21 heavy (non-hydrogen) atoms. The van der Waals surface area contributed by atoms with Gasteiger partial charge in [-0.1, -0.05) is 44.4 Å². The van der Waals surface area contributed by atoms with Crippen LogP contribution in [0.1, 0.15) is 38.9 Å². The minimum absolute atomic E-state index is 0.464. The molecule has 0 saturated carbocycles. The number of fused-ring (bicyclic) bond motifs is 1. The van der Waals surface area contributed by atoms with Crippen LogP contribution in [0, 0.1) is 12.3 Å². The average molecular weight is 283 g/mol. The summed E-state index contributed by atoms with van der Waals surface area (Å²) < 4.78 is 5.97. The van der Waals surface area contributed by atoms with Gasteiger partial charge in [0.2, 0.25) is 0 Å². The Morgan fingerprint density at radius 1 is 1.24 bits per heavy atom. The summed E-state index contributed by atoms with van der Waals surface area (Å²) in [5.41, 5.74) is 0.974. The van der Waals surface area contributed by atoms with Crippen molar-refractivity contribution < 1.29 is 4.42 Å². The molecule has 0 unspecified atom stereocenters. The summed E-state index contributed by atoms with van der Waals surface area (Å²) in [7, 11) is 0. The van der Waals surface area contributed by atoms with Crippen LogP contribution in [-0.2, 0) is 6.42 Å². The quantitative estimate of drug-likeness (QED) is 0.664. The molecule has 0 bridgehead atoms. The van der Waals surface area contributed by atoms with Gasteiger partial charge < -0.3 is 4.42 Å². The molecule has 0 saturated heterocycles. The highest BCUT2D eigenvalue weighted by molar-refractivity contribution is 5.77. The van der Waals surface area contributed by atoms with E-state index in [4.69, 9.17) is 10.8 Å². The fourth-order valence-electron chi connectivity index (χ4n) is 2.91. The summed E-state index contributed by atoms with van der Waals surface area (Å²) >= 11 is 0. The molecule has 0 fully saturated rings. The lowest BCUT2D eigenvalue weighted by Gasteiger charge is -2.29. The Kier molecular flexibility index (Phi) is 5.90. The molecule has 0 spiro atoms. The molecule has 0 N–H and O–H groups in total. The van der Waals surface area contributed by atoms with Gasteiger partial charge in [0.15, 0.2) is 0 Å². The summed E-state index contributed by atoms with van der Waals surface area (Å²) in [6, 6.07) is 10.8. The van der Waals surface area contributed by atoms with Gasteiger partial charge in [-0.15, -0.1) is 6.42 Å². The van der Waals surface area contributed by atoms with E-state index in [1.54, 1.807) is 0 Å². The highest BCUT2D eigenvalue weighted by Gasteiger charge is 2.18. The van der Waals surface area contributed by atoms with E-state index < -0.39 is 0 Å². The summed E-state index contributed by atoms with van der Waals surface area (Å²) in [6.07, 6.45) is 9.91. The zero-order valence-corrected chi connectivity index (χ0v) is 13.1. The second kappa shape index (κ2) is 7.90. The molecule has 0 radical (unpaired) electrons. The second-order valence-corrected chi connectivity index (χ2v) is 5.57. The van der Waals surface area contributed by atoms with Crippen molar-refractivity contribution in [3.05, 3.63) is 36.1 Å². The van der Waals surface area contributed by atoms with Crippen molar-refractivity contribution in [2.24, 2.45) is 0 Å². The number of benzene rings is 1. The highest BCUT2D eigenvalue weighted by Crippen LogP contribution is 2.22. The lowest BCUT2D eigenvalue weighted by atomic mass is 10.0. The maximum atomic E-state index is 5.97. The van der Waals surface area contributed by atoms with Crippen molar-refractivity contribution in [3.8, 4) is 12.3 Å². The number of terminal acetylenes is 1. The molecule has 0 aliphatic rings. The summed E-state index contributed by atoms with van der Waals surface area (Å²) in [4.78, 5) is 2.41. The van der Waals surface area contributed by atoms with Crippen LogP contribution in [0.3, 0.4) is 0 Å². The van der Waals surface area contributed by atoms with Crippen molar-refractivity contribution >= 4 is 11.0 Å². The van der Waals surface area contributed by atoms with E-state index in [1.165, 1.54) is 5.39 Å². The molecule has 1 aromatic heterocycles. The first-order valence-electron chi connectivity index (χ1n) is 7.93. The minimum Gasteiger partial charge on any atom is -0.461 e. The summed E-state index contributed by atoms with van der Waals surface area (Å²) in [6.45, 7) is 6.20. The van der Waals surface area contributed by atoms with E-state index in [-0.39, 0.29) is 0 Å². The zero-order valence-electron chi connectivity index (χ0n) is 13.1. The van der Waals surface area contributed by atoms with Crippen molar-refractivity contribution in [1.29, 1.82) is 0 Å². The van der Waals surface area contributed by atoms with Crippen molar-refractivity contribution in [1.82, 2.24) is 4.90 Å². The van der Waals surface area contributed by atoms with E-state index >= 15 is 0 Å². The highest BCUT2D eigenvalue weighted by atomic mass is 16.3. The molecule has 2 heteroatoms. The molecule has 0 aliphatic heterocycles. The van der Waals surface area contributed by atoms with Crippen LogP contribution in [0.25, 0.3) is 11.0 Å². The third-order valence-corrected chi connectivity index (χ3v) is 3.86. The smallest absolute Gasteiger partial charge is 0.134 e. The molecule has 112 valence electrons. The molecular formula is C19H25NO. The van der Waals surface area contributed by atoms with Crippen LogP contribution < -0.4 is 0 Å². The number of rotatable bonds is 8. The number of furan rings is 1. The predicted octanol–water partition coefficient (Wildman–Crippen LogP) is 4.49. The molecule has 1 aromatic carbocycles. The Morgan fingerprint density at radius 3 is 2.71 bits per heavy atom. The lowest BCUT2D eigenvalue weighted by Crippen LogP contribution is -2.37. The predicted molar refractivity (Wildman–Crippen MR) is 89.3 cm³/mol. The molecule has 0 amide bonds. The molecule has 1 heterocycles. The lowest BCUT2D eigenvalue weighted by molar-refractivity contribution is 0.200. The number of para-hydroxylation sites is 1. The van der Waals surface area contributed by atoms with Gasteiger partial charge in [0.05, 0.1) is 6.54 Å². The first-order chi connectivity index (χ1) is 10.3. The van der Waals surface area contributed by atoms with Crippen molar-refractivity contribution in [2.45, 2.75) is 45.6 Å². The van der Waals surface area contributed by atoms with Crippen molar-refractivity contribution in [2.75, 3.05) is 13.1 Å². The van der Waals surface area contributed by atoms with Gasteiger partial charge in [-0.05, 0) is 31.5 Å². The first-order valence-corrected chi connectivity index (χ1v) is 7.93. The van der Waals surface area contributed by atoms with Crippen LogP contribution in [0.15, 0.2) is 34.7 Å². The van der Waals surface area contributed by atoms with E-state index in [0.717, 1.165) is 50.1 Å². The monoisotopic (exact) mass is 283 g/mol. The van der Waals surface area contributed by atoms with Gasteiger partial charge in [-0.2, -0.15) is 0 Å². The maximum absolute atomic E-state index is 5.97. The molecular weight excluding hydrogens is 258 g/mol. The summed E-state index contributed by atoms with van der Waals surface area (Å²) in [5.74, 6) is 3.86. The Morgan fingerprint density at radius 2 is 2.05 bits per heavy atom. The first kappa shape index (κ1) is 15.7. The maximum Gasteiger partial charge on any atom is 0.134 e. The number of hydrogen-bond acceptors (Lipinski definition) is 2. The van der Waals surface area contributed by atoms with Crippen LogP contribution >= 0.6 is 0 Å². The fourth-order valence-corrected chi connectivity index (χ4v) is 2.91. The molecule has 0 aliphatic carbocycles. The third-order valence-electron chi connectivity index (χ3n) is 3.86. The van der Waals surface area contributed by atoms with Gasteiger partial charge in [-0.3, -0.25) is 4.90 Å². The fraction of sp³-hybridized carbons (Fsp3) is 0.474. The SMILES string of the molecule is C#CCN(CCC)[C@@H](CCC)Cc1cc2ccccc2o1. The Bertz CT molecular complexity index is 560. The van der Waals surface area contributed by atoms with Crippen LogP contribution in [0.2, 0.25) is 0 Å². The average Bonchev–Trinajstić information content (AvgIpc) is 2.89. The van der Waals surface area contributed by atoms with Gasteiger partial charge in [-0.25, -0.2) is 0 Å². The Balaban J connectivity index is 2.15. The van der Waals surface area contributed by atoms with Gasteiger partial charge >= 0.3 is 0 Å². The van der Waals surface area contributed by atoms with E-state index in [1.807, 2.05) is 18.2 Å². The Hall–Kier alpha value is -1.72. The van der Waals surface area contributed by atoms with E-state index in [0.29, 0.717) is 6.04 Å². The van der Waals surface area contributed by atoms with Gasteiger partial charge in [0, 0.05) is 17.8 Å². The second-order valence-electron chi connectivity index (χ2n) is 5.57. The van der Waals surface area contributed by atoms with E-state index in [9.17, 15) is 0 Å². The number of nitrogens with zero attached hydrogens (tertiary/aromatic N) is 1. The standard InChI is InChI=1S/C19H25NO/c1-4-9-17(20(12-5-2)13-6-3)15-18-14-16-10-7-8-11-19(16)21-18/h2,7-8,10-11,14,17H,4,6,9,12-13,15H2,1,3H3/t17-/m0/s1. The normalized spacial score (nSPS) is 12.7. The zero-order chi connectivity index (χ0) is 15.1. The molecule has 2 rings (SSSR count). The van der Waals surface area contributed by atoms with Crippen LogP contribution in [0.5, 0.6) is 0 Å². The van der Waals surface area contributed by atoms with Crippen molar-refractivity contribution in [3.63, 3.8) is 0 Å². The molecule has 2 aromatic rings. The topological polar surface area (TPSA) is 16.4 Å². The summed E-state index contributed by atoms with van der Waals surface area (Å²) in [5, 5.41) is 1.18. The number of hydrogen-bond donors (Lipinski definition) is 0. The molecule has 1 atom stereocenters. The van der Waals surface area contributed by atoms with E-state index in [2.05, 4.69) is 36.8 Å². The minimum atomic E-state index is 0.464. The largest absolute Gasteiger partial charge is 0.461 e. The van der Waals surface area contributed by atoms with Gasteiger partial charge in [0.1, 0.15) is 11.3 Å². The Labute approximate surface area is 128 Å². The van der Waals surface area contributed by atoms with Gasteiger partial charge in [0.25, 0.3) is 0 Å². The van der Waals surface area contributed by atoms with Crippen LogP contribution in [-0.4, -0.2) is 24.0 Å². The van der Waals surface area contributed by atoms with Crippen LogP contribution in [0.4, 0.5) is 0 Å².